The van der Waals surface area contributed by atoms with Crippen molar-refractivity contribution in [3.63, 3.8) is 0 Å². The molecule has 3 heterocycles. The standard InChI is InChI=1S/C12H15N5O2S/c1-7(12-14-5-6-20-12)15-10(18)9-16-11(19-17-9)8-3-2-4-13-8/h5-8,13H,2-4H2,1H3,(H,15,18). The predicted molar refractivity (Wildman–Crippen MR) is 72.3 cm³/mol. The molecule has 1 amide bonds. The fourth-order valence-corrected chi connectivity index (χ4v) is 2.78. The maximum absolute atomic E-state index is 12.0. The SMILES string of the molecule is CC(NC(=O)c1noc(C2CCCN2)n1)c1nccs1. The Morgan fingerprint density at radius 1 is 1.65 bits per heavy atom. The number of amides is 1. The summed E-state index contributed by atoms with van der Waals surface area (Å²) >= 11 is 1.49. The minimum Gasteiger partial charge on any atom is -0.340 e. The van der Waals surface area contributed by atoms with Gasteiger partial charge in [-0.25, -0.2) is 4.98 Å². The third kappa shape index (κ3) is 2.70. The van der Waals surface area contributed by atoms with Crippen molar-refractivity contribution in [2.45, 2.75) is 31.8 Å². The van der Waals surface area contributed by atoms with Crippen LogP contribution in [0.4, 0.5) is 0 Å². The molecule has 0 spiro atoms. The maximum atomic E-state index is 12.0. The van der Waals surface area contributed by atoms with Gasteiger partial charge in [0.2, 0.25) is 5.89 Å². The summed E-state index contributed by atoms with van der Waals surface area (Å²) in [6.07, 6.45) is 3.75. The van der Waals surface area contributed by atoms with Crippen molar-refractivity contribution in [3.8, 4) is 0 Å². The number of carbonyl (C=O) groups is 1. The van der Waals surface area contributed by atoms with Gasteiger partial charge in [0.25, 0.3) is 11.7 Å². The van der Waals surface area contributed by atoms with E-state index < -0.39 is 0 Å². The Morgan fingerprint density at radius 2 is 2.55 bits per heavy atom. The first kappa shape index (κ1) is 13.2. The highest BCUT2D eigenvalue weighted by molar-refractivity contribution is 7.09. The quantitative estimate of drug-likeness (QED) is 0.886. The van der Waals surface area contributed by atoms with Gasteiger partial charge in [-0.05, 0) is 26.3 Å². The molecule has 0 bridgehead atoms. The Hall–Kier alpha value is -1.80. The third-order valence-electron chi connectivity index (χ3n) is 3.17. The zero-order valence-electron chi connectivity index (χ0n) is 11.0. The lowest BCUT2D eigenvalue weighted by atomic mass is 10.2. The Balaban J connectivity index is 1.65. The van der Waals surface area contributed by atoms with Gasteiger partial charge >= 0.3 is 0 Å². The van der Waals surface area contributed by atoms with Gasteiger partial charge < -0.3 is 15.2 Å². The van der Waals surface area contributed by atoms with Crippen LogP contribution in [0.15, 0.2) is 16.1 Å². The van der Waals surface area contributed by atoms with E-state index >= 15 is 0 Å². The fraction of sp³-hybridized carbons (Fsp3) is 0.500. The van der Waals surface area contributed by atoms with E-state index in [-0.39, 0.29) is 23.8 Å². The summed E-state index contributed by atoms with van der Waals surface area (Å²) in [7, 11) is 0. The van der Waals surface area contributed by atoms with Gasteiger partial charge in [-0.3, -0.25) is 4.79 Å². The number of thiazole rings is 1. The van der Waals surface area contributed by atoms with Gasteiger partial charge in [0, 0.05) is 11.6 Å². The highest BCUT2D eigenvalue weighted by Gasteiger charge is 2.25. The molecule has 1 saturated heterocycles. The van der Waals surface area contributed by atoms with Gasteiger partial charge in [-0.2, -0.15) is 4.98 Å². The van der Waals surface area contributed by atoms with E-state index in [2.05, 4.69) is 25.8 Å². The topological polar surface area (TPSA) is 92.9 Å². The lowest BCUT2D eigenvalue weighted by molar-refractivity contribution is 0.0926. The molecule has 3 rings (SSSR count). The van der Waals surface area contributed by atoms with Gasteiger partial charge in [-0.1, -0.05) is 5.16 Å². The highest BCUT2D eigenvalue weighted by Crippen LogP contribution is 2.21. The summed E-state index contributed by atoms with van der Waals surface area (Å²) in [5.74, 6) is 0.201. The van der Waals surface area contributed by atoms with E-state index in [1.54, 1.807) is 6.20 Å². The van der Waals surface area contributed by atoms with E-state index in [9.17, 15) is 4.79 Å². The normalized spacial score (nSPS) is 19.9. The largest absolute Gasteiger partial charge is 0.340 e. The summed E-state index contributed by atoms with van der Waals surface area (Å²) in [6, 6.07) is -0.102. The van der Waals surface area contributed by atoms with E-state index in [1.165, 1.54) is 11.3 Å². The molecule has 2 aromatic rings. The van der Waals surface area contributed by atoms with Gasteiger partial charge in [0.15, 0.2) is 0 Å². The number of nitrogens with one attached hydrogen (secondary N) is 2. The molecule has 2 atom stereocenters. The summed E-state index contributed by atoms with van der Waals surface area (Å²) in [5, 5.41) is 12.5. The first-order valence-electron chi connectivity index (χ1n) is 6.51. The van der Waals surface area contributed by atoms with E-state index in [0.29, 0.717) is 5.89 Å². The van der Waals surface area contributed by atoms with E-state index in [4.69, 9.17) is 4.52 Å². The lowest BCUT2D eigenvalue weighted by Crippen LogP contribution is -2.27. The smallest absolute Gasteiger partial charge is 0.293 e. The molecule has 2 N–H and O–H groups in total. The highest BCUT2D eigenvalue weighted by atomic mass is 32.1. The lowest BCUT2D eigenvalue weighted by Gasteiger charge is -2.08. The second-order valence-corrected chi connectivity index (χ2v) is 5.60. The summed E-state index contributed by atoms with van der Waals surface area (Å²) < 4.78 is 5.14. The van der Waals surface area contributed by atoms with Crippen molar-refractivity contribution in [2.75, 3.05) is 6.54 Å². The van der Waals surface area contributed by atoms with Crippen molar-refractivity contribution in [1.82, 2.24) is 25.8 Å². The first-order chi connectivity index (χ1) is 9.74. The molecule has 8 heteroatoms. The molecule has 0 radical (unpaired) electrons. The number of hydrogen-bond acceptors (Lipinski definition) is 7. The van der Waals surface area contributed by atoms with E-state index in [1.807, 2.05) is 12.3 Å². The molecule has 1 aliphatic rings. The monoisotopic (exact) mass is 293 g/mol. The van der Waals surface area contributed by atoms with Crippen LogP contribution in [0.5, 0.6) is 0 Å². The average molecular weight is 293 g/mol. The average Bonchev–Trinajstić information content (AvgIpc) is 3.19. The third-order valence-corrected chi connectivity index (χ3v) is 4.13. The van der Waals surface area contributed by atoms with Crippen LogP contribution in [-0.4, -0.2) is 27.6 Å². The zero-order chi connectivity index (χ0) is 13.9. The second-order valence-electron chi connectivity index (χ2n) is 4.67. The summed E-state index contributed by atoms with van der Waals surface area (Å²) in [4.78, 5) is 20.4. The van der Waals surface area contributed by atoms with Crippen LogP contribution in [0, 0.1) is 0 Å². The molecule has 0 aliphatic carbocycles. The van der Waals surface area contributed by atoms with E-state index in [0.717, 1.165) is 24.4 Å². The number of carbonyl (C=O) groups excluding carboxylic acids is 1. The molecule has 1 aliphatic heterocycles. The van der Waals surface area contributed by atoms with Crippen LogP contribution in [0.25, 0.3) is 0 Å². The van der Waals surface area contributed by atoms with Crippen molar-refractivity contribution < 1.29 is 9.32 Å². The molecule has 7 nitrogen and oxygen atoms in total. The van der Waals surface area contributed by atoms with Crippen molar-refractivity contribution >= 4 is 17.2 Å². The molecule has 2 aromatic heterocycles. The number of nitrogens with zero attached hydrogens (tertiary/aromatic N) is 3. The Labute approximate surface area is 119 Å². The molecule has 2 unspecified atom stereocenters. The van der Waals surface area contributed by atoms with Crippen LogP contribution < -0.4 is 10.6 Å². The van der Waals surface area contributed by atoms with Crippen molar-refractivity contribution in [1.29, 1.82) is 0 Å². The molecule has 106 valence electrons. The van der Waals surface area contributed by atoms with Crippen LogP contribution in [-0.2, 0) is 0 Å². The minimum atomic E-state index is -0.347. The number of hydrogen-bond donors (Lipinski definition) is 2. The van der Waals surface area contributed by atoms with Crippen LogP contribution in [0.2, 0.25) is 0 Å². The van der Waals surface area contributed by atoms with Crippen LogP contribution in [0.3, 0.4) is 0 Å². The number of aromatic nitrogens is 3. The Morgan fingerprint density at radius 3 is 3.25 bits per heavy atom. The Kier molecular flexibility index (Phi) is 3.75. The van der Waals surface area contributed by atoms with Crippen LogP contribution >= 0.6 is 11.3 Å². The molecule has 1 fully saturated rings. The predicted octanol–water partition coefficient (Wildman–Crippen LogP) is 1.44. The number of rotatable bonds is 4. The molecular formula is C12H15N5O2S. The minimum absolute atomic E-state index is 0.0668. The molecule has 0 saturated carbocycles. The second kappa shape index (κ2) is 5.68. The zero-order valence-corrected chi connectivity index (χ0v) is 11.8. The van der Waals surface area contributed by atoms with Gasteiger partial charge in [0.05, 0.1) is 12.1 Å². The van der Waals surface area contributed by atoms with Crippen LogP contribution in [0.1, 0.15) is 53.4 Å². The van der Waals surface area contributed by atoms with Gasteiger partial charge in [0.1, 0.15) is 5.01 Å². The van der Waals surface area contributed by atoms with Gasteiger partial charge in [-0.15, -0.1) is 11.3 Å². The van der Waals surface area contributed by atoms with Crippen molar-refractivity contribution in [2.24, 2.45) is 0 Å². The molecular weight excluding hydrogens is 278 g/mol. The molecule has 20 heavy (non-hydrogen) atoms. The van der Waals surface area contributed by atoms with Crippen molar-refractivity contribution in [3.05, 3.63) is 28.3 Å². The summed E-state index contributed by atoms with van der Waals surface area (Å²) in [6.45, 7) is 2.81. The fourth-order valence-electron chi connectivity index (χ4n) is 2.14. The molecule has 0 aromatic carbocycles. The summed E-state index contributed by atoms with van der Waals surface area (Å²) in [5.41, 5.74) is 0. The Bertz CT molecular complexity index is 576. The first-order valence-corrected chi connectivity index (χ1v) is 7.39. The maximum Gasteiger partial charge on any atom is 0.293 e.